The van der Waals surface area contributed by atoms with Crippen LogP contribution in [0.2, 0.25) is 5.82 Å². The number of allylic oxidation sites excluding steroid dienone is 3. The molecule has 1 aliphatic carbocycles. The van der Waals surface area contributed by atoms with Crippen molar-refractivity contribution in [3.05, 3.63) is 24.3 Å². The van der Waals surface area contributed by atoms with Gasteiger partial charge < -0.3 is 5.23 Å². The molecule has 2 rings (SSSR count). The Morgan fingerprint density at radius 2 is 2.20 bits per heavy atom. The highest BCUT2D eigenvalue weighted by Gasteiger charge is 2.32. The number of carbonyl (C=O) groups excluding carboxylic acids is 1. The Labute approximate surface area is 60.3 Å². The summed E-state index contributed by atoms with van der Waals surface area (Å²) in [5, 5.41) is 2.70. The van der Waals surface area contributed by atoms with E-state index in [0.717, 1.165) is 0 Å². The fourth-order valence-electron chi connectivity index (χ4n) is 1.32. The first-order chi connectivity index (χ1) is 4.88. The second-order valence-electron chi connectivity index (χ2n) is 2.55. The number of fused-ring (bicyclic) bond motifs is 1. The van der Waals surface area contributed by atoms with Crippen LogP contribution in [0.4, 0.5) is 0 Å². The van der Waals surface area contributed by atoms with Gasteiger partial charge in [-0.3, -0.25) is 4.79 Å². The highest BCUT2D eigenvalue weighted by molar-refractivity contribution is 6.44. The highest BCUT2D eigenvalue weighted by Crippen LogP contribution is 2.27. The van der Waals surface area contributed by atoms with Crippen molar-refractivity contribution in [2.75, 3.05) is 0 Å². The van der Waals surface area contributed by atoms with Crippen LogP contribution in [0.25, 0.3) is 0 Å². The van der Waals surface area contributed by atoms with E-state index in [1.807, 2.05) is 31.7 Å². The third-order valence-corrected chi connectivity index (χ3v) is 1.90. The van der Waals surface area contributed by atoms with Gasteiger partial charge in [-0.05, 0) is 5.82 Å². The molecule has 1 saturated heterocycles. The third-order valence-electron chi connectivity index (χ3n) is 1.90. The standard InChI is InChI=1S/C7H7BNO/c10-7-5-3-1-2-4-6(5)8-9-7/h1-6H,(H,9,10). The zero-order chi connectivity index (χ0) is 6.97. The van der Waals surface area contributed by atoms with E-state index in [9.17, 15) is 4.79 Å². The van der Waals surface area contributed by atoms with Crippen LogP contribution < -0.4 is 5.23 Å². The monoisotopic (exact) mass is 132 g/mol. The van der Waals surface area contributed by atoms with Gasteiger partial charge in [0.2, 0.25) is 5.91 Å². The molecule has 1 fully saturated rings. The van der Waals surface area contributed by atoms with Crippen LogP contribution in [0, 0.1) is 5.92 Å². The van der Waals surface area contributed by atoms with Gasteiger partial charge in [-0.25, -0.2) is 0 Å². The van der Waals surface area contributed by atoms with Gasteiger partial charge in [0.1, 0.15) is 0 Å². The molecule has 0 aromatic carbocycles. The molecule has 1 heterocycles. The van der Waals surface area contributed by atoms with Gasteiger partial charge >= 0.3 is 0 Å². The maximum Gasteiger partial charge on any atom is 0.254 e. The molecule has 0 aromatic heterocycles. The van der Waals surface area contributed by atoms with Crippen LogP contribution in [-0.4, -0.2) is 13.3 Å². The number of carbonyl (C=O) groups is 1. The van der Waals surface area contributed by atoms with Gasteiger partial charge in [0.15, 0.2) is 0 Å². The van der Waals surface area contributed by atoms with Crippen molar-refractivity contribution < 1.29 is 4.79 Å². The summed E-state index contributed by atoms with van der Waals surface area (Å²) < 4.78 is 0. The first-order valence-corrected chi connectivity index (χ1v) is 3.36. The number of hydrogen-bond donors (Lipinski definition) is 1. The number of amides is 1. The predicted molar refractivity (Wildman–Crippen MR) is 39.4 cm³/mol. The molecule has 1 aliphatic heterocycles. The third kappa shape index (κ3) is 0.702. The van der Waals surface area contributed by atoms with Crippen LogP contribution in [0.5, 0.6) is 0 Å². The van der Waals surface area contributed by atoms with E-state index in [1.54, 1.807) is 0 Å². The van der Waals surface area contributed by atoms with E-state index in [0.29, 0.717) is 0 Å². The maximum atomic E-state index is 11.0. The van der Waals surface area contributed by atoms with Crippen LogP contribution in [0.1, 0.15) is 0 Å². The quantitative estimate of drug-likeness (QED) is 0.470. The molecule has 1 amide bonds. The summed E-state index contributed by atoms with van der Waals surface area (Å²) in [5.41, 5.74) is 0. The number of nitrogens with one attached hydrogen (secondary N) is 1. The van der Waals surface area contributed by atoms with Crippen molar-refractivity contribution in [2.24, 2.45) is 5.92 Å². The maximum absolute atomic E-state index is 11.0. The first kappa shape index (κ1) is 5.77. The van der Waals surface area contributed by atoms with E-state index in [4.69, 9.17) is 0 Å². The van der Waals surface area contributed by atoms with E-state index >= 15 is 0 Å². The summed E-state index contributed by atoms with van der Waals surface area (Å²) in [4.78, 5) is 11.0. The van der Waals surface area contributed by atoms with Gasteiger partial charge in [0.05, 0.1) is 5.92 Å². The summed E-state index contributed by atoms with van der Waals surface area (Å²) in [7, 11) is 1.84. The van der Waals surface area contributed by atoms with Gasteiger partial charge in [0, 0.05) is 0 Å². The van der Waals surface area contributed by atoms with Crippen LogP contribution in [-0.2, 0) is 4.79 Å². The molecule has 1 radical (unpaired) electrons. The Kier molecular flexibility index (Phi) is 1.16. The van der Waals surface area contributed by atoms with E-state index in [-0.39, 0.29) is 17.6 Å². The average Bonchev–Trinajstić information content (AvgIpc) is 2.34. The second-order valence-corrected chi connectivity index (χ2v) is 2.55. The smallest absolute Gasteiger partial charge is 0.254 e. The molecule has 2 atom stereocenters. The van der Waals surface area contributed by atoms with Gasteiger partial charge in [-0.1, -0.05) is 24.3 Å². The Morgan fingerprint density at radius 3 is 3.00 bits per heavy atom. The van der Waals surface area contributed by atoms with Crippen molar-refractivity contribution in [3.63, 3.8) is 0 Å². The molecule has 2 unspecified atom stereocenters. The van der Waals surface area contributed by atoms with Crippen LogP contribution >= 0.6 is 0 Å². The lowest BCUT2D eigenvalue weighted by molar-refractivity contribution is -0.120. The summed E-state index contributed by atoms with van der Waals surface area (Å²) in [5.74, 6) is 0.466. The molecule has 0 saturated carbocycles. The van der Waals surface area contributed by atoms with Crippen molar-refractivity contribution in [2.45, 2.75) is 5.82 Å². The lowest BCUT2D eigenvalue weighted by Crippen LogP contribution is -2.19. The second kappa shape index (κ2) is 2.01. The fourth-order valence-corrected chi connectivity index (χ4v) is 1.32. The molecule has 49 valence electrons. The molecule has 1 N–H and O–H groups in total. The largest absolute Gasteiger partial charge is 0.402 e. The lowest BCUT2D eigenvalue weighted by Gasteiger charge is -2.09. The van der Waals surface area contributed by atoms with E-state index < -0.39 is 0 Å². The molecule has 0 spiro atoms. The molecule has 10 heavy (non-hydrogen) atoms. The van der Waals surface area contributed by atoms with Gasteiger partial charge in [0.25, 0.3) is 7.41 Å². The minimum atomic E-state index is 0.0602. The van der Waals surface area contributed by atoms with Crippen molar-refractivity contribution >= 4 is 13.3 Å². The lowest BCUT2D eigenvalue weighted by atomic mass is 9.71. The SMILES string of the molecule is O=C1N[B]C2C=CC=CC12. The fraction of sp³-hybridized carbons (Fsp3) is 0.286. The van der Waals surface area contributed by atoms with Crippen LogP contribution in [0.3, 0.4) is 0 Å². The summed E-state index contributed by atoms with van der Waals surface area (Å²) in [6.07, 6.45) is 7.85. The molecular weight excluding hydrogens is 125 g/mol. The molecular formula is C7H7BNO. The van der Waals surface area contributed by atoms with Crippen molar-refractivity contribution in [1.29, 1.82) is 0 Å². The zero-order valence-corrected chi connectivity index (χ0v) is 5.45. The number of hydrogen-bond acceptors (Lipinski definition) is 1. The van der Waals surface area contributed by atoms with E-state index in [1.165, 1.54) is 0 Å². The topological polar surface area (TPSA) is 29.1 Å². The van der Waals surface area contributed by atoms with Gasteiger partial charge in [-0.2, -0.15) is 0 Å². The summed E-state index contributed by atoms with van der Waals surface area (Å²) in [6, 6.07) is 0. The van der Waals surface area contributed by atoms with E-state index in [2.05, 4.69) is 5.23 Å². The zero-order valence-electron chi connectivity index (χ0n) is 5.45. The minimum absolute atomic E-state index is 0.0602. The molecule has 2 nitrogen and oxygen atoms in total. The van der Waals surface area contributed by atoms with Crippen LogP contribution in [0.15, 0.2) is 24.3 Å². The van der Waals surface area contributed by atoms with Crippen molar-refractivity contribution in [1.82, 2.24) is 5.23 Å². The Hall–Kier alpha value is -0.985. The summed E-state index contributed by atoms with van der Waals surface area (Å²) in [6.45, 7) is 0. The first-order valence-electron chi connectivity index (χ1n) is 3.36. The average molecular weight is 132 g/mol. The molecule has 0 aromatic rings. The van der Waals surface area contributed by atoms with Crippen molar-refractivity contribution in [3.8, 4) is 0 Å². The number of rotatable bonds is 0. The normalized spacial score (nSPS) is 35.0. The Balaban J connectivity index is 2.27. The summed E-state index contributed by atoms with van der Waals surface area (Å²) >= 11 is 0. The Bertz CT molecular complexity index is 222. The Morgan fingerprint density at radius 1 is 1.40 bits per heavy atom. The molecule has 3 heteroatoms. The highest BCUT2D eigenvalue weighted by atomic mass is 16.1. The molecule has 2 aliphatic rings. The molecule has 0 bridgehead atoms. The predicted octanol–water partition coefficient (Wildman–Crippen LogP) is 0.266. The minimum Gasteiger partial charge on any atom is -0.402 e. The van der Waals surface area contributed by atoms with Gasteiger partial charge in [-0.15, -0.1) is 0 Å².